The molecule has 2 aromatic rings. The van der Waals surface area contributed by atoms with E-state index >= 15 is 0 Å². The molecule has 0 radical (unpaired) electrons. The predicted molar refractivity (Wildman–Crippen MR) is 97.6 cm³/mol. The zero-order chi connectivity index (χ0) is 17.8. The number of aryl methyl sites for hydroxylation is 2. The molecule has 3 N–H and O–H groups in total. The number of anilines is 1. The van der Waals surface area contributed by atoms with Crippen LogP contribution in [0.15, 0.2) is 30.5 Å². The van der Waals surface area contributed by atoms with Gasteiger partial charge in [-0.3, -0.25) is 4.79 Å². The van der Waals surface area contributed by atoms with E-state index in [2.05, 4.69) is 34.7 Å². The molecule has 25 heavy (non-hydrogen) atoms. The molecule has 1 aromatic carbocycles. The van der Waals surface area contributed by atoms with Gasteiger partial charge in [0.1, 0.15) is 5.82 Å². The van der Waals surface area contributed by atoms with E-state index in [4.69, 9.17) is 10.5 Å². The number of methoxy groups -OCH3 is 1. The highest BCUT2D eigenvalue weighted by Crippen LogP contribution is 2.35. The van der Waals surface area contributed by atoms with Crippen LogP contribution >= 0.6 is 0 Å². The summed E-state index contributed by atoms with van der Waals surface area (Å²) < 4.78 is 7.16. The van der Waals surface area contributed by atoms with Crippen LogP contribution in [0.3, 0.4) is 0 Å². The van der Waals surface area contributed by atoms with Crippen molar-refractivity contribution in [2.24, 2.45) is 5.73 Å². The molecule has 0 saturated heterocycles. The predicted octanol–water partition coefficient (Wildman–Crippen LogP) is 2.42. The van der Waals surface area contributed by atoms with Crippen LogP contribution in [0.1, 0.15) is 42.0 Å². The lowest BCUT2D eigenvalue weighted by Gasteiger charge is -2.27. The lowest BCUT2D eigenvalue weighted by Crippen LogP contribution is -2.29. The Bertz CT molecular complexity index is 737. The maximum absolute atomic E-state index is 12.4. The van der Waals surface area contributed by atoms with E-state index in [-0.39, 0.29) is 24.5 Å². The highest BCUT2D eigenvalue weighted by Gasteiger charge is 2.25. The molecule has 1 aliphatic rings. The number of ether oxygens (including phenoxy) is 1. The van der Waals surface area contributed by atoms with Crippen LogP contribution in [0.5, 0.6) is 0 Å². The first-order valence-electron chi connectivity index (χ1n) is 8.78. The average Bonchev–Trinajstić information content (AvgIpc) is 2.99. The molecule has 3 rings (SSSR count). The summed E-state index contributed by atoms with van der Waals surface area (Å²) in [5, 5.41) is 7.57. The van der Waals surface area contributed by atoms with E-state index in [1.807, 2.05) is 17.8 Å². The van der Waals surface area contributed by atoms with Crippen LogP contribution in [0.4, 0.5) is 5.82 Å². The molecule has 0 spiro atoms. The summed E-state index contributed by atoms with van der Waals surface area (Å²) in [6, 6.07) is 8.64. The SMILES string of the molecule is COC(CN)CC(=O)Nc1c(C)cnn1C1CCCc2ccccc21. The Hall–Kier alpha value is -2.18. The van der Waals surface area contributed by atoms with Gasteiger partial charge in [0.15, 0.2) is 0 Å². The molecule has 1 aromatic heterocycles. The normalized spacial score (nSPS) is 17.8. The number of hydrogen-bond acceptors (Lipinski definition) is 4. The smallest absolute Gasteiger partial charge is 0.228 e. The Balaban J connectivity index is 1.84. The number of carbonyl (C=O) groups excluding carboxylic acids is 1. The average molecular weight is 342 g/mol. The van der Waals surface area contributed by atoms with Crippen molar-refractivity contribution in [3.8, 4) is 0 Å². The van der Waals surface area contributed by atoms with Gasteiger partial charge in [-0.15, -0.1) is 0 Å². The molecule has 6 nitrogen and oxygen atoms in total. The third-order valence-corrected chi connectivity index (χ3v) is 4.88. The minimum absolute atomic E-state index is 0.105. The summed E-state index contributed by atoms with van der Waals surface area (Å²) in [6.45, 7) is 2.28. The highest BCUT2D eigenvalue weighted by atomic mass is 16.5. The minimum atomic E-state index is -0.271. The molecule has 0 saturated carbocycles. The van der Waals surface area contributed by atoms with Crippen molar-refractivity contribution in [3.63, 3.8) is 0 Å². The maximum Gasteiger partial charge on any atom is 0.228 e. The fraction of sp³-hybridized carbons (Fsp3) is 0.474. The van der Waals surface area contributed by atoms with Crippen molar-refractivity contribution in [3.05, 3.63) is 47.2 Å². The molecule has 1 amide bonds. The van der Waals surface area contributed by atoms with E-state index in [0.717, 1.165) is 30.6 Å². The summed E-state index contributed by atoms with van der Waals surface area (Å²) in [7, 11) is 1.57. The first kappa shape index (κ1) is 17.6. The van der Waals surface area contributed by atoms with Gasteiger partial charge >= 0.3 is 0 Å². The van der Waals surface area contributed by atoms with Crippen LogP contribution in [0.2, 0.25) is 0 Å². The molecular weight excluding hydrogens is 316 g/mol. The number of aromatic nitrogens is 2. The van der Waals surface area contributed by atoms with Crippen LogP contribution in [0.25, 0.3) is 0 Å². The number of hydrogen-bond donors (Lipinski definition) is 2. The molecule has 0 fully saturated rings. The van der Waals surface area contributed by atoms with Crippen molar-refractivity contribution >= 4 is 11.7 Å². The third-order valence-electron chi connectivity index (χ3n) is 4.88. The number of nitrogens with one attached hydrogen (secondary N) is 1. The van der Waals surface area contributed by atoms with Gasteiger partial charge in [0.25, 0.3) is 0 Å². The summed E-state index contributed by atoms with van der Waals surface area (Å²) >= 11 is 0. The van der Waals surface area contributed by atoms with Gasteiger partial charge in [-0.2, -0.15) is 5.10 Å². The Morgan fingerprint density at radius 1 is 1.48 bits per heavy atom. The number of carbonyl (C=O) groups is 1. The van der Waals surface area contributed by atoms with E-state index in [9.17, 15) is 4.79 Å². The van der Waals surface area contributed by atoms with Crippen LogP contribution in [-0.2, 0) is 16.0 Å². The standard InChI is InChI=1S/C19H26N4O2/c1-13-12-21-23(19(13)22-18(24)10-15(11-20)25-2)17-9-5-7-14-6-3-4-8-16(14)17/h3-4,6,8,12,15,17H,5,7,9-11,20H2,1-2H3,(H,22,24). The van der Waals surface area contributed by atoms with Crippen molar-refractivity contribution in [1.82, 2.24) is 9.78 Å². The van der Waals surface area contributed by atoms with Crippen LogP contribution in [-0.4, -0.2) is 35.4 Å². The molecule has 0 bridgehead atoms. The maximum atomic E-state index is 12.4. The lowest BCUT2D eigenvalue weighted by atomic mass is 9.88. The van der Waals surface area contributed by atoms with Gasteiger partial charge in [-0.05, 0) is 37.3 Å². The van der Waals surface area contributed by atoms with Crippen molar-refractivity contribution < 1.29 is 9.53 Å². The fourth-order valence-corrected chi connectivity index (χ4v) is 3.48. The van der Waals surface area contributed by atoms with Crippen molar-refractivity contribution in [2.45, 2.75) is 44.8 Å². The van der Waals surface area contributed by atoms with Crippen LogP contribution in [0, 0.1) is 6.92 Å². The molecule has 134 valence electrons. The van der Waals surface area contributed by atoms with Crippen molar-refractivity contribution in [2.75, 3.05) is 19.0 Å². The van der Waals surface area contributed by atoms with Gasteiger partial charge in [-0.1, -0.05) is 24.3 Å². The van der Waals surface area contributed by atoms with E-state index < -0.39 is 0 Å². The van der Waals surface area contributed by atoms with Gasteiger partial charge in [0, 0.05) is 19.2 Å². The molecule has 2 unspecified atom stereocenters. The monoisotopic (exact) mass is 342 g/mol. The van der Waals surface area contributed by atoms with Gasteiger partial charge in [-0.25, -0.2) is 4.68 Å². The Morgan fingerprint density at radius 2 is 2.28 bits per heavy atom. The molecule has 1 aliphatic carbocycles. The zero-order valence-electron chi connectivity index (χ0n) is 14.9. The van der Waals surface area contributed by atoms with E-state index in [0.29, 0.717) is 6.54 Å². The summed E-state index contributed by atoms with van der Waals surface area (Å²) in [5.41, 5.74) is 9.23. The fourth-order valence-electron chi connectivity index (χ4n) is 3.48. The lowest BCUT2D eigenvalue weighted by molar-refractivity contribution is -0.118. The number of fused-ring (bicyclic) bond motifs is 1. The number of rotatable bonds is 6. The summed E-state index contributed by atoms with van der Waals surface area (Å²) in [6.07, 6.45) is 5.01. The molecule has 2 atom stereocenters. The number of benzene rings is 1. The first-order valence-corrected chi connectivity index (χ1v) is 8.78. The summed E-state index contributed by atoms with van der Waals surface area (Å²) in [4.78, 5) is 12.4. The van der Waals surface area contributed by atoms with E-state index in [1.54, 1.807) is 7.11 Å². The quantitative estimate of drug-likeness (QED) is 0.845. The molecule has 6 heteroatoms. The largest absolute Gasteiger partial charge is 0.380 e. The third kappa shape index (κ3) is 3.75. The van der Waals surface area contributed by atoms with E-state index in [1.165, 1.54) is 11.1 Å². The molecule has 0 aliphatic heterocycles. The van der Waals surface area contributed by atoms with Crippen LogP contribution < -0.4 is 11.1 Å². The number of nitrogens with two attached hydrogens (primary N) is 1. The van der Waals surface area contributed by atoms with Gasteiger partial charge < -0.3 is 15.8 Å². The van der Waals surface area contributed by atoms with Crippen molar-refractivity contribution in [1.29, 1.82) is 0 Å². The first-order chi connectivity index (χ1) is 12.1. The number of nitrogens with zero attached hydrogens (tertiary/aromatic N) is 2. The Labute approximate surface area is 148 Å². The summed E-state index contributed by atoms with van der Waals surface area (Å²) in [5.74, 6) is 0.657. The second-order valence-corrected chi connectivity index (χ2v) is 6.57. The second kappa shape index (κ2) is 7.80. The molecular formula is C19H26N4O2. The number of amides is 1. The van der Waals surface area contributed by atoms with Gasteiger partial charge in [0.05, 0.1) is 24.8 Å². The minimum Gasteiger partial charge on any atom is -0.380 e. The zero-order valence-corrected chi connectivity index (χ0v) is 14.9. The topological polar surface area (TPSA) is 82.2 Å². The second-order valence-electron chi connectivity index (χ2n) is 6.57. The highest BCUT2D eigenvalue weighted by molar-refractivity contribution is 5.90. The Kier molecular flexibility index (Phi) is 5.50. The molecule has 1 heterocycles. The van der Waals surface area contributed by atoms with Gasteiger partial charge in [0.2, 0.25) is 5.91 Å². The Morgan fingerprint density at radius 3 is 3.04 bits per heavy atom.